The molecular weight excluding hydrogens is 426 g/mol. The maximum atomic E-state index is 13.4. The second-order valence-corrected chi connectivity index (χ2v) is 7.93. The molecule has 154 valence electrons. The molecule has 0 N–H and O–H groups in total. The molecule has 31 heavy (non-hydrogen) atoms. The fraction of sp³-hybridized carbons (Fsp3) is 0.0435. The fourth-order valence-electron chi connectivity index (χ4n) is 3.33. The van der Waals surface area contributed by atoms with Crippen LogP contribution in [-0.2, 0) is 6.18 Å². The molecule has 2 heterocycles. The molecule has 0 saturated carbocycles. The highest BCUT2D eigenvalue weighted by atomic mass is 32.1. The molecule has 0 saturated heterocycles. The largest absolute Gasteiger partial charge is 0.416 e. The lowest BCUT2D eigenvalue weighted by molar-refractivity contribution is -0.137. The number of hydrogen-bond acceptors (Lipinski definition) is 3. The first-order valence-electron chi connectivity index (χ1n) is 9.25. The maximum absolute atomic E-state index is 13.4. The predicted octanol–water partition coefficient (Wildman–Crippen LogP) is 6.97. The number of nitrogens with zero attached hydrogens (tertiary/aromatic N) is 3. The first kappa shape index (κ1) is 19.4. The second-order valence-electron chi connectivity index (χ2n) is 6.90. The van der Waals surface area contributed by atoms with Crippen LogP contribution in [0.5, 0.6) is 0 Å². The lowest BCUT2D eigenvalue weighted by Crippen LogP contribution is -2.04. The van der Waals surface area contributed by atoms with Crippen LogP contribution in [0.25, 0.3) is 37.7 Å². The van der Waals surface area contributed by atoms with Gasteiger partial charge in [0.05, 0.1) is 34.0 Å². The Morgan fingerprint density at radius 3 is 2.26 bits per heavy atom. The van der Waals surface area contributed by atoms with Crippen molar-refractivity contribution in [2.75, 3.05) is 0 Å². The van der Waals surface area contributed by atoms with Gasteiger partial charge in [0.15, 0.2) is 0 Å². The third-order valence-corrected chi connectivity index (χ3v) is 5.96. The Kier molecular flexibility index (Phi) is 4.59. The molecule has 0 fully saturated rings. The van der Waals surface area contributed by atoms with Gasteiger partial charge in [-0.15, -0.1) is 11.3 Å². The number of benzene rings is 3. The molecule has 3 aromatic carbocycles. The molecule has 0 amide bonds. The van der Waals surface area contributed by atoms with Gasteiger partial charge < -0.3 is 0 Å². The molecule has 8 heteroatoms. The van der Waals surface area contributed by atoms with Crippen molar-refractivity contribution in [3.8, 4) is 27.5 Å². The van der Waals surface area contributed by atoms with Crippen LogP contribution in [-0.4, -0.2) is 14.5 Å². The molecule has 0 unspecified atom stereocenters. The zero-order valence-corrected chi connectivity index (χ0v) is 16.6. The Morgan fingerprint density at radius 1 is 0.839 bits per heavy atom. The standard InChI is InChI=1S/C23H13F4N3S/c24-17-7-10-19-21(11-17)31-22(29-19)15-3-8-18(9-4-15)30-13-28-12-20(30)14-1-5-16(6-2-14)23(25,26)27/h1-13H. The Bertz CT molecular complexity index is 1370. The van der Waals surface area contributed by atoms with Crippen LogP contribution < -0.4 is 0 Å². The van der Waals surface area contributed by atoms with E-state index in [1.807, 2.05) is 24.3 Å². The van der Waals surface area contributed by atoms with Crippen LogP contribution in [0.2, 0.25) is 0 Å². The highest BCUT2D eigenvalue weighted by Gasteiger charge is 2.30. The average molecular weight is 439 g/mol. The number of halogens is 4. The number of rotatable bonds is 3. The van der Waals surface area contributed by atoms with Gasteiger partial charge in [0.1, 0.15) is 10.8 Å². The molecule has 2 aromatic heterocycles. The van der Waals surface area contributed by atoms with Crippen molar-refractivity contribution in [3.63, 3.8) is 0 Å². The smallest absolute Gasteiger partial charge is 0.299 e. The number of imidazole rings is 1. The van der Waals surface area contributed by atoms with E-state index < -0.39 is 11.7 Å². The van der Waals surface area contributed by atoms with E-state index in [1.165, 1.54) is 35.6 Å². The van der Waals surface area contributed by atoms with Crippen molar-refractivity contribution < 1.29 is 17.6 Å². The zero-order valence-electron chi connectivity index (χ0n) is 15.8. The Balaban J connectivity index is 1.46. The summed E-state index contributed by atoms with van der Waals surface area (Å²) in [6, 6.07) is 17.1. The summed E-state index contributed by atoms with van der Waals surface area (Å²) in [5.41, 5.74) is 3.05. The van der Waals surface area contributed by atoms with Gasteiger partial charge in [0.25, 0.3) is 0 Å². The first-order chi connectivity index (χ1) is 14.9. The van der Waals surface area contributed by atoms with E-state index in [0.29, 0.717) is 11.3 Å². The Labute approximate surface area is 178 Å². The summed E-state index contributed by atoms with van der Waals surface area (Å²) in [6.45, 7) is 0. The Hall–Kier alpha value is -3.52. The molecule has 0 spiro atoms. The molecule has 0 radical (unpaired) electrons. The summed E-state index contributed by atoms with van der Waals surface area (Å²) in [7, 11) is 0. The Morgan fingerprint density at radius 2 is 1.55 bits per heavy atom. The molecule has 0 aliphatic heterocycles. The van der Waals surface area contributed by atoms with Crippen LogP contribution in [0.3, 0.4) is 0 Å². The number of thiazole rings is 1. The summed E-state index contributed by atoms with van der Waals surface area (Å²) in [5.74, 6) is -0.297. The van der Waals surface area contributed by atoms with Crippen LogP contribution in [0.15, 0.2) is 79.3 Å². The summed E-state index contributed by atoms with van der Waals surface area (Å²) in [4.78, 5) is 8.71. The molecule has 0 aliphatic carbocycles. The number of alkyl halides is 3. The normalized spacial score (nSPS) is 11.9. The number of fused-ring (bicyclic) bond motifs is 1. The summed E-state index contributed by atoms with van der Waals surface area (Å²) in [6.07, 6.45) is -1.15. The van der Waals surface area contributed by atoms with E-state index in [-0.39, 0.29) is 5.82 Å². The molecule has 0 bridgehead atoms. The van der Waals surface area contributed by atoms with Crippen molar-refractivity contribution in [1.29, 1.82) is 0 Å². The molecule has 0 atom stereocenters. The van der Waals surface area contributed by atoms with E-state index in [4.69, 9.17) is 0 Å². The average Bonchev–Trinajstić information content (AvgIpc) is 3.40. The third kappa shape index (κ3) is 3.70. The van der Waals surface area contributed by atoms with Gasteiger partial charge in [-0.1, -0.05) is 12.1 Å². The SMILES string of the molecule is Fc1ccc2nc(-c3ccc(-n4cncc4-c4ccc(C(F)(F)F)cc4)cc3)sc2c1. The lowest BCUT2D eigenvalue weighted by atomic mass is 10.1. The van der Waals surface area contributed by atoms with E-state index >= 15 is 0 Å². The summed E-state index contributed by atoms with van der Waals surface area (Å²) in [5, 5.41) is 0.778. The minimum Gasteiger partial charge on any atom is -0.299 e. The van der Waals surface area contributed by atoms with Crippen molar-refractivity contribution >= 4 is 21.6 Å². The monoisotopic (exact) mass is 439 g/mol. The molecular formula is C23H13F4N3S. The van der Waals surface area contributed by atoms with Crippen molar-refractivity contribution in [2.45, 2.75) is 6.18 Å². The first-order valence-corrected chi connectivity index (χ1v) is 10.1. The van der Waals surface area contributed by atoms with Crippen LogP contribution in [0.1, 0.15) is 5.56 Å². The zero-order chi connectivity index (χ0) is 21.6. The third-order valence-electron chi connectivity index (χ3n) is 4.89. The van der Waals surface area contributed by atoms with Crippen LogP contribution in [0, 0.1) is 5.82 Å². The minimum atomic E-state index is -4.37. The lowest BCUT2D eigenvalue weighted by Gasteiger charge is -2.11. The summed E-state index contributed by atoms with van der Waals surface area (Å²) < 4.78 is 54.5. The van der Waals surface area contributed by atoms with Gasteiger partial charge in [-0.2, -0.15) is 13.2 Å². The van der Waals surface area contributed by atoms with Crippen molar-refractivity contribution in [2.24, 2.45) is 0 Å². The quantitative estimate of drug-likeness (QED) is 0.284. The summed E-state index contributed by atoms with van der Waals surface area (Å²) >= 11 is 1.41. The van der Waals surface area contributed by atoms with Gasteiger partial charge >= 0.3 is 6.18 Å². The van der Waals surface area contributed by atoms with Gasteiger partial charge in [-0.05, 0) is 54.6 Å². The highest BCUT2D eigenvalue weighted by molar-refractivity contribution is 7.21. The second kappa shape index (κ2) is 7.31. The fourth-order valence-corrected chi connectivity index (χ4v) is 4.33. The predicted molar refractivity (Wildman–Crippen MR) is 113 cm³/mol. The van der Waals surface area contributed by atoms with Gasteiger partial charge in [-0.3, -0.25) is 4.57 Å². The van der Waals surface area contributed by atoms with Crippen molar-refractivity contribution in [3.05, 3.63) is 90.6 Å². The van der Waals surface area contributed by atoms with Gasteiger partial charge in [0, 0.05) is 16.8 Å². The van der Waals surface area contributed by atoms with Gasteiger partial charge in [-0.25, -0.2) is 14.4 Å². The number of hydrogen-bond donors (Lipinski definition) is 0. The molecule has 0 aliphatic rings. The topological polar surface area (TPSA) is 30.7 Å². The van der Waals surface area contributed by atoms with Crippen molar-refractivity contribution in [1.82, 2.24) is 14.5 Å². The van der Waals surface area contributed by atoms with Gasteiger partial charge in [0.2, 0.25) is 0 Å². The van der Waals surface area contributed by atoms with E-state index in [9.17, 15) is 17.6 Å². The van der Waals surface area contributed by atoms with Crippen LogP contribution >= 0.6 is 11.3 Å². The highest BCUT2D eigenvalue weighted by Crippen LogP contribution is 2.33. The van der Waals surface area contributed by atoms with Crippen LogP contribution in [0.4, 0.5) is 17.6 Å². The maximum Gasteiger partial charge on any atom is 0.416 e. The minimum absolute atomic E-state index is 0.297. The van der Waals surface area contributed by atoms with E-state index in [0.717, 1.165) is 38.6 Å². The molecule has 5 rings (SSSR count). The molecule has 3 nitrogen and oxygen atoms in total. The molecule has 5 aromatic rings. The van der Waals surface area contributed by atoms with E-state index in [2.05, 4.69) is 9.97 Å². The number of aromatic nitrogens is 3. The van der Waals surface area contributed by atoms with E-state index in [1.54, 1.807) is 23.2 Å².